The highest BCUT2D eigenvalue weighted by Crippen LogP contribution is 2.32. The predicted octanol–water partition coefficient (Wildman–Crippen LogP) is 2.66. The molecule has 0 heterocycles. The average molecular weight is 312 g/mol. The van der Waals surface area contributed by atoms with Crippen molar-refractivity contribution in [3.05, 3.63) is 0 Å². The molecule has 16 heavy (non-hydrogen) atoms. The first kappa shape index (κ1) is 14.5. The van der Waals surface area contributed by atoms with Crippen LogP contribution in [0.5, 0.6) is 0 Å². The van der Waals surface area contributed by atoms with Crippen molar-refractivity contribution < 1.29 is 8.42 Å². The molecule has 0 atom stereocenters. The SMILES string of the molecule is CC(C)(C)CS(=O)(=O)NC1(CBr)CCCC1. The van der Waals surface area contributed by atoms with Gasteiger partial charge in [0.05, 0.1) is 5.75 Å². The number of halogens is 1. The first-order chi connectivity index (χ1) is 7.18. The van der Waals surface area contributed by atoms with Crippen LogP contribution >= 0.6 is 15.9 Å². The van der Waals surface area contributed by atoms with Crippen LogP contribution in [0.15, 0.2) is 0 Å². The number of hydrogen-bond acceptors (Lipinski definition) is 2. The minimum atomic E-state index is -3.17. The van der Waals surface area contributed by atoms with Crippen molar-refractivity contribution in [3.63, 3.8) is 0 Å². The highest BCUT2D eigenvalue weighted by molar-refractivity contribution is 9.09. The summed E-state index contributed by atoms with van der Waals surface area (Å²) in [6.07, 6.45) is 4.12. The molecule has 5 heteroatoms. The van der Waals surface area contributed by atoms with Crippen molar-refractivity contribution >= 4 is 26.0 Å². The topological polar surface area (TPSA) is 46.2 Å². The lowest BCUT2D eigenvalue weighted by molar-refractivity contribution is 0.418. The van der Waals surface area contributed by atoms with E-state index in [-0.39, 0.29) is 16.7 Å². The minimum absolute atomic E-state index is 0.189. The van der Waals surface area contributed by atoms with Crippen molar-refractivity contribution in [1.82, 2.24) is 4.72 Å². The highest BCUT2D eigenvalue weighted by Gasteiger charge is 2.37. The van der Waals surface area contributed by atoms with Gasteiger partial charge in [0.2, 0.25) is 10.0 Å². The van der Waals surface area contributed by atoms with Gasteiger partial charge in [0.25, 0.3) is 0 Å². The third-order valence-electron chi connectivity index (χ3n) is 2.81. The fourth-order valence-electron chi connectivity index (χ4n) is 2.25. The summed E-state index contributed by atoms with van der Waals surface area (Å²) in [4.78, 5) is 0. The molecule has 0 radical (unpaired) electrons. The van der Waals surface area contributed by atoms with Gasteiger partial charge in [-0.25, -0.2) is 13.1 Å². The van der Waals surface area contributed by atoms with Crippen LogP contribution in [0.1, 0.15) is 46.5 Å². The molecule has 1 aliphatic carbocycles. The fraction of sp³-hybridized carbons (Fsp3) is 1.00. The Bertz CT molecular complexity index is 326. The van der Waals surface area contributed by atoms with E-state index in [1.54, 1.807) is 0 Å². The minimum Gasteiger partial charge on any atom is -0.212 e. The van der Waals surface area contributed by atoms with Crippen molar-refractivity contribution in [2.75, 3.05) is 11.1 Å². The van der Waals surface area contributed by atoms with Crippen molar-refractivity contribution in [2.24, 2.45) is 5.41 Å². The molecule has 1 rings (SSSR count). The zero-order valence-corrected chi connectivity index (χ0v) is 12.7. The number of hydrogen-bond donors (Lipinski definition) is 1. The molecule has 0 saturated heterocycles. The van der Waals surface area contributed by atoms with Gasteiger partial charge < -0.3 is 0 Å². The van der Waals surface area contributed by atoms with Crippen LogP contribution in [0.4, 0.5) is 0 Å². The molecule has 0 aromatic heterocycles. The summed E-state index contributed by atoms with van der Waals surface area (Å²) in [7, 11) is -3.17. The van der Waals surface area contributed by atoms with Gasteiger partial charge in [-0.3, -0.25) is 0 Å². The van der Waals surface area contributed by atoms with E-state index in [0.29, 0.717) is 5.33 Å². The number of rotatable bonds is 4. The van der Waals surface area contributed by atoms with Crippen LogP contribution in [0.25, 0.3) is 0 Å². The van der Waals surface area contributed by atoms with Crippen molar-refractivity contribution in [1.29, 1.82) is 0 Å². The third-order valence-corrected chi connectivity index (χ3v) is 5.87. The molecular weight excluding hydrogens is 290 g/mol. The molecule has 0 spiro atoms. The van der Waals surface area contributed by atoms with Gasteiger partial charge in [0.15, 0.2) is 0 Å². The summed E-state index contributed by atoms with van der Waals surface area (Å²) in [6.45, 7) is 5.84. The van der Waals surface area contributed by atoms with E-state index in [1.165, 1.54) is 0 Å². The summed E-state index contributed by atoms with van der Waals surface area (Å²) in [5, 5.41) is 0.712. The van der Waals surface area contributed by atoms with E-state index < -0.39 is 10.0 Å². The zero-order valence-electron chi connectivity index (χ0n) is 10.3. The Morgan fingerprint density at radius 1 is 1.25 bits per heavy atom. The monoisotopic (exact) mass is 311 g/mol. The van der Waals surface area contributed by atoms with Crippen LogP contribution in [0.2, 0.25) is 0 Å². The molecule has 1 N–H and O–H groups in total. The Labute approximate surface area is 108 Å². The van der Waals surface area contributed by atoms with E-state index in [2.05, 4.69) is 20.7 Å². The molecule has 1 aliphatic rings. The summed E-state index contributed by atoms with van der Waals surface area (Å²) >= 11 is 3.44. The normalized spacial score (nSPS) is 21.2. The molecule has 1 saturated carbocycles. The molecule has 0 bridgehead atoms. The van der Waals surface area contributed by atoms with Crippen LogP contribution < -0.4 is 4.72 Å². The van der Waals surface area contributed by atoms with Crippen LogP contribution in [-0.2, 0) is 10.0 Å². The summed E-state index contributed by atoms with van der Waals surface area (Å²) in [5.41, 5.74) is -0.429. The maximum absolute atomic E-state index is 12.0. The van der Waals surface area contributed by atoms with E-state index in [0.717, 1.165) is 25.7 Å². The Morgan fingerprint density at radius 3 is 2.12 bits per heavy atom. The molecule has 0 unspecified atom stereocenters. The first-order valence-electron chi connectivity index (χ1n) is 5.76. The summed E-state index contributed by atoms with van der Waals surface area (Å²) < 4.78 is 27.0. The van der Waals surface area contributed by atoms with Gasteiger partial charge in [-0.05, 0) is 18.3 Å². The van der Waals surface area contributed by atoms with E-state index in [4.69, 9.17) is 0 Å². The Balaban J connectivity index is 2.71. The number of alkyl halides is 1. The van der Waals surface area contributed by atoms with Crippen molar-refractivity contribution in [2.45, 2.75) is 52.0 Å². The summed E-state index contributed by atoms with van der Waals surface area (Å²) in [6, 6.07) is 0. The molecule has 0 aromatic rings. The Morgan fingerprint density at radius 2 is 1.75 bits per heavy atom. The third kappa shape index (κ3) is 4.34. The molecule has 0 aromatic carbocycles. The lowest BCUT2D eigenvalue weighted by Gasteiger charge is -2.29. The number of nitrogens with one attached hydrogen (secondary N) is 1. The molecule has 3 nitrogen and oxygen atoms in total. The van der Waals surface area contributed by atoms with Gasteiger partial charge in [0.1, 0.15) is 0 Å². The second-order valence-corrected chi connectivity index (χ2v) is 8.33. The first-order valence-corrected chi connectivity index (χ1v) is 8.53. The second kappa shape index (κ2) is 4.94. The standard InChI is InChI=1S/C11H22BrNO2S/c1-10(2,3)9-16(14,15)13-11(8-12)6-4-5-7-11/h13H,4-9H2,1-3H3. The van der Waals surface area contributed by atoms with Gasteiger partial charge in [-0.2, -0.15) is 0 Å². The van der Waals surface area contributed by atoms with Crippen molar-refractivity contribution in [3.8, 4) is 0 Å². The zero-order chi connectivity index (χ0) is 12.4. The Kier molecular flexibility index (Phi) is 4.46. The van der Waals surface area contributed by atoms with Crippen LogP contribution in [0, 0.1) is 5.41 Å². The van der Waals surface area contributed by atoms with Gasteiger partial charge in [-0.15, -0.1) is 0 Å². The van der Waals surface area contributed by atoms with E-state index in [1.807, 2.05) is 20.8 Å². The summed E-state index contributed by atoms with van der Waals surface area (Å²) in [5.74, 6) is 0.189. The largest absolute Gasteiger partial charge is 0.212 e. The predicted molar refractivity (Wildman–Crippen MR) is 71.4 cm³/mol. The maximum Gasteiger partial charge on any atom is 0.212 e. The molecule has 0 amide bonds. The van der Waals surface area contributed by atoms with Crippen LogP contribution in [0.3, 0.4) is 0 Å². The lowest BCUT2D eigenvalue weighted by atomic mass is 10.0. The molecule has 0 aliphatic heterocycles. The smallest absolute Gasteiger partial charge is 0.212 e. The average Bonchev–Trinajstić information content (AvgIpc) is 2.48. The second-order valence-electron chi connectivity index (χ2n) is 6.04. The number of sulfonamides is 1. The maximum atomic E-state index is 12.0. The van der Waals surface area contributed by atoms with E-state index in [9.17, 15) is 8.42 Å². The van der Waals surface area contributed by atoms with E-state index >= 15 is 0 Å². The molecule has 1 fully saturated rings. The van der Waals surface area contributed by atoms with Gasteiger partial charge in [0, 0.05) is 10.9 Å². The quantitative estimate of drug-likeness (QED) is 0.811. The highest BCUT2D eigenvalue weighted by atomic mass is 79.9. The van der Waals surface area contributed by atoms with Crippen LogP contribution in [-0.4, -0.2) is 25.0 Å². The fourth-order valence-corrected chi connectivity index (χ4v) is 5.29. The molecular formula is C11H22BrNO2S. The van der Waals surface area contributed by atoms with Gasteiger partial charge in [-0.1, -0.05) is 49.5 Å². The molecule has 96 valence electrons. The lowest BCUT2D eigenvalue weighted by Crippen LogP contribution is -2.49. The Hall–Kier alpha value is 0.390. The van der Waals surface area contributed by atoms with Gasteiger partial charge >= 0.3 is 0 Å².